The van der Waals surface area contributed by atoms with Gasteiger partial charge in [0.05, 0.1) is 6.54 Å². The van der Waals surface area contributed by atoms with Gasteiger partial charge in [0.2, 0.25) is 0 Å². The third kappa shape index (κ3) is 3.90. The van der Waals surface area contributed by atoms with E-state index in [0.717, 1.165) is 42.1 Å². The van der Waals surface area contributed by atoms with Crippen molar-refractivity contribution in [2.24, 2.45) is 7.05 Å². The predicted octanol–water partition coefficient (Wildman–Crippen LogP) is 6.93. The number of benzene rings is 3. The minimum atomic E-state index is 0.610. The van der Waals surface area contributed by atoms with Crippen LogP contribution in [0, 0.1) is 20.8 Å². The number of nitrogens with zero attached hydrogens (tertiary/aromatic N) is 3. The minimum absolute atomic E-state index is 0.610. The largest absolute Gasteiger partial charge is 0.325 e. The van der Waals surface area contributed by atoms with Crippen molar-refractivity contribution in [1.29, 1.82) is 0 Å². The molecular weight excluding hydrogens is 426 g/mol. The van der Waals surface area contributed by atoms with E-state index >= 15 is 0 Å². The van der Waals surface area contributed by atoms with E-state index in [1.54, 1.807) is 0 Å². The maximum Gasteiger partial charge on any atom is 0.156 e. The van der Waals surface area contributed by atoms with Crippen molar-refractivity contribution in [2.75, 3.05) is 6.54 Å². The molecule has 4 heteroatoms. The Morgan fingerprint density at radius 1 is 0.879 bits per heavy atom. The van der Waals surface area contributed by atoms with Crippen molar-refractivity contribution in [3.8, 4) is 11.4 Å². The highest BCUT2D eigenvalue weighted by molar-refractivity contribution is 6.30. The van der Waals surface area contributed by atoms with Gasteiger partial charge in [-0.1, -0.05) is 71.8 Å². The first kappa shape index (κ1) is 21.9. The molecule has 3 aromatic carbocycles. The highest BCUT2D eigenvalue weighted by Gasteiger charge is 2.37. The molecule has 1 aliphatic rings. The average Bonchev–Trinajstić information content (AvgIpc) is 3.07. The number of hydrogen-bond donors (Lipinski definition) is 0. The van der Waals surface area contributed by atoms with E-state index in [1.807, 2.05) is 0 Å². The van der Waals surface area contributed by atoms with Gasteiger partial charge in [-0.2, -0.15) is 0 Å². The van der Waals surface area contributed by atoms with E-state index in [0.29, 0.717) is 5.15 Å². The Bertz CT molecular complexity index is 1300. The molecule has 4 aromatic rings. The molecule has 1 atom stereocenters. The number of fused-ring (bicyclic) bond motifs is 1. The fourth-order valence-electron chi connectivity index (χ4n) is 5.35. The number of quaternary nitrogens is 1. The lowest BCUT2D eigenvalue weighted by molar-refractivity contribution is 0.239. The Kier molecular flexibility index (Phi) is 5.64. The molecule has 0 aliphatic carbocycles. The summed E-state index contributed by atoms with van der Waals surface area (Å²) in [7, 11) is 2.11. The number of aromatic nitrogens is 2. The first-order valence-corrected chi connectivity index (χ1v) is 12.0. The van der Waals surface area contributed by atoms with Gasteiger partial charge in [-0.15, -0.1) is 0 Å². The van der Waals surface area contributed by atoms with Crippen molar-refractivity contribution in [2.45, 2.75) is 40.3 Å². The van der Waals surface area contributed by atoms with Crippen molar-refractivity contribution in [3.05, 3.63) is 105 Å². The molecule has 0 amide bonds. The SMILES string of the molecule is Cc1ccc([N+]2(Cc3c(Cl)nc(-c4c(C)cccc4C)n3C)CCc3ccccc3C2)cc1. The van der Waals surface area contributed by atoms with Gasteiger partial charge < -0.3 is 4.57 Å². The first-order valence-electron chi connectivity index (χ1n) is 11.7. The summed E-state index contributed by atoms with van der Waals surface area (Å²) in [5.41, 5.74) is 10.2. The van der Waals surface area contributed by atoms with Gasteiger partial charge in [-0.25, -0.2) is 4.98 Å². The lowest BCUT2D eigenvalue weighted by atomic mass is 9.96. The third-order valence-corrected chi connectivity index (χ3v) is 7.61. The smallest absolute Gasteiger partial charge is 0.156 e. The highest BCUT2D eigenvalue weighted by atomic mass is 35.5. The Morgan fingerprint density at radius 3 is 2.24 bits per heavy atom. The molecule has 3 nitrogen and oxygen atoms in total. The molecule has 1 aromatic heterocycles. The van der Waals surface area contributed by atoms with Crippen LogP contribution in [0.1, 0.15) is 33.5 Å². The van der Waals surface area contributed by atoms with E-state index in [-0.39, 0.29) is 0 Å². The van der Waals surface area contributed by atoms with E-state index in [4.69, 9.17) is 16.6 Å². The molecule has 0 spiro atoms. The summed E-state index contributed by atoms with van der Waals surface area (Å²) in [5.74, 6) is 0.949. The van der Waals surface area contributed by atoms with Gasteiger partial charge >= 0.3 is 0 Å². The number of rotatable bonds is 4. The minimum Gasteiger partial charge on any atom is -0.325 e. The summed E-state index contributed by atoms with van der Waals surface area (Å²) in [6.07, 6.45) is 1.06. The van der Waals surface area contributed by atoms with Crippen LogP contribution in [0.5, 0.6) is 0 Å². The first-order chi connectivity index (χ1) is 15.9. The summed E-state index contributed by atoms with van der Waals surface area (Å²) in [6.45, 7) is 9.25. The molecule has 2 heterocycles. The molecule has 0 bridgehead atoms. The fraction of sp³-hybridized carbons (Fsp3) is 0.276. The van der Waals surface area contributed by atoms with E-state index in [2.05, 4.69) is 99.1 Å². The Balaban J connectivity index is 1.62. The standard InChI is InChI=1S/C29H31ClN3/c1-20-12-14-25(15-13-20)33(17-16-23-10-5-6-11-24(23)18-33)19-26-28(30)31-29(32(26)4)27-21(2)8-7-9-22(27)3/h5-15H,16-19H2,1-4H3/q+1. The number of imidazole rings is 1. The predicted molar refractivity (Wildman–Crippen MR) is 139 cm³/mol. The maximum atomic E-state index is 6.86. The second-order valence-electron chi connectivity index (χ2n) is 9.54. The van der Waals surface area contributed by atoms with Gasteiger partial charge in [-0.3, -0.25) is 4.48 Å². The normalized spacial score (nSPS) is 17.7. The molecule has 0 radical (unpaired) electrons. The molecule has 0 fully saturated rings. The summed E-state index contributed by atoms with van der Waals surface area (Å²) < 4.78 is 3.06. The Labute approximate surface area is 201 Å². The molecule has 0 N–H and O–H groups in total. The van der Waals surface area contributed by atoms with Gasteiger partial charge in [0, 0.05) is 24.6 Å². The Hall–Kier alpha value is -2.88. The highest BCUT2D eigenvalue weighted by Crippen LogP contribution is 2.37. The van der Waals surface area contributed by atoms with Crippen LogP contribution in [-0.4, -0.2) is 16.1 Å². The molecule has 0 saturated heterocycles. The second-order valence-corrected chi connectivity index (χ2v) is 9.90. The van der Waals surface area contributed by atoms with Crippen LogP contribution in [0.15, 0.2) is 66.7 Å². The van der Waals surface area contributed by atoms with Gasteiger partial charge in [0.1, 0.15) is 30.3 Å². The zero-order valence-corrected chi connectivity index (χ0v) is 20.7. The Morgan fingerprint density at radius 2 is 1.55 bits per heavy atom. The van der Waals surface area contributed by atoms with Crippen LogP contribution in [0.4, 0.5) is 5.69 Å². The molecule has 33 heavy (non-hydrogen) atoms. The summed E-state index contributed by atoms with van der Waals surface area (Å²) in [4.78, 5) is 4.87. The molecular formula is C29H31ClN3+. The fourth-order valence-corrected chi connectivity index (χ4v) is 5.62. The number of halogens is 1. The van der Waals surface area contributed by atoms with Gasteiger partial charge in [-0.05, 0) is 49.6 Å². The summed E-state index contributed by atoms with van der Waals surface area (Å²) in [6, 6.07) is 24.3. The van der Waals surface area contributed by atoms with Crippen LogP contribution in [0.25, 0.3) is 11.4 Å². The van der Waals surface area contributed by atoms with E-state index < -0.39 is 0 Å². The van der Waals surface area contributed by atoms with Gasteiger partial charge in [0.25, 0.3) is 0 Å². The van der Waals surface area contributed by atoms with Crippen LogP contribution in [-0.2, 0) is 26.6 Å². The number of aryl methyl sites for hydroxylation is 3. The number of hydrogen-bond acceptors (Lipinski definition) is 1. The topological polar surface area (TPSA) is 17.8 Å². The molecule has 1 unspecified atom stereocenters. The monoisotopic (exact) mass is 456 g/mol. The lowest BCUT2D eigenvalue weighted by Gasteiger charge is -2.42. The van der Waals surface area contributed by atoms with Crippen molar-refractivity contribution in [3.63, 3.8) is 0 Å². The average molecular weight is 457 g/mol. The quantitative estimate of drug-likeness (QED) is 0.304. The molecule has 5 rings (SSSR count). The zero-order valence-electron chi connectivity index (χ0n) is 19.9. The molecule has 1 aliphatic heterocycles. The summed E-state index contributed by atoms with van der Waals surface area (Å²) >= 11 is 6.86. The van der Waals surface area contributed by atoms with Crippen LogP contribution in [0.3, 0.4) is 0 Å². The van der Waals surface area contributed by atoms with Crippen molar-refractivity contribution < 1.29 is 0 Å². The van der Waals surface area contributed by atoms with E-state index in [9.17, 15) is 0 Å². The van der Waals surface area contributed by atoms with Crippen LogP contribution >= 0.6 is 11.6 Å². The van der Waals surface area contributed by atoms with E-state index in [1.165, 1.54) is 39.1 Å². The van der Waals surface area contributed by atoms with Crippen molar-refractivity contribution in [1.82, 2.24) is 14.0 Å². The maximum absolute atomic E-state index is 6.86. The molecule has 168 valence electrons. The lowest BCUT2D eigenvalue weighted by Crippen LogP contribution is -2.52. The molecule has 0 saturated carbocycles. The van der Waals surface area contributed by atoms with Crippen molar-refractivity contribution >= 4 is 17.3 Å². The zero-order chi connectivity index (χ0) is 23.2. The van der Waals surface area contributed by atoms with Crippen LogP contribution in [0.2, 0.25) is 5.15 Å². The second kappa shape index (κ2) is 8.48. The summed E-state index contributed by atoms with van der Waals surface area (Å²) in [5, 5.41) is 0.610. The third-order valence-electron chi connectivity index (χ3n) is 7.30. The van der Waals surface area contributed by atoms with Crippen LogP contribution < -0.4 is 4.48 Å². The van der Waals surface area contributed by atoms with Gasteiger partial charge in [0.15, 0.2) is 5.15 Å².